The van der Waals surface area contributed by atoms with Gasteiger partial charge in [-0.25, -0.2) is 0 Å². The molecule has 1 rings (SSSR count). The average molecular weight is 471 g/mol. The van der Waals surface area contributed by atoms with E-state index >= 15 is 0 Å². The summed E-state index contributed by atoms with van der Waals surface area (Å²) in [5, 5.41) is 0. The highest BCUT2D eigenvalue weighted by Crippen LogP contribution is 2.26. The third-order valence-electron chi connectivity index (χ3n) is 5.06. The van der Waals surface area contributed by atoms with Crippen molar-refractivity contribution in [1.82, 2.24) is 0 Å². The first-order valence-corrected chi connectivity index (χ1v) is 11.7. The first kappa shape index (κ1) is 28.9. The molecule has 0 aliphatic carbocycles. The van der Waals surface area contributed by atoms with Gasteiger partial charge in [0.1, 0.15) is 13.1 Å². The lowest BCUT2D eigenvalue weighted by Gasteiger charge is -2.40. The molecule has 9 nitrogen and oxygen atoms in total. The highest BCUT2D eigenvalue weighted by atomic mass is 16.7. The molecule has 1 fully saturated rings. The maximum absolute atomic E-state index is 12.4. The minimum Gasteiger partial charge on any atom is -0.456 e. The number of esters is 3. The lowest BCUT2D eigenvalue weighted by molar-refractivity contribution is -0.883. The molecular formula is C24H40NO8+. The number of rotatable bonds is 14. The van der Waals surface area contributed by atoms with Crippen LogP contribution in [0.3, 0.4) is 0 Å². The second-order valence-electron chi connectivity index (χ2n) is 8.78. The number of ether oxygens (including phenoxy) is 5. The van der Waals surface area contributed by atoms with E-state index < -0.39 is 42.5 Å². The van der Waals surface area contributed by atoms with E-state index in [2.05, 4.69) is 5.92 Å². The predicted molar refractivity (Wildman–Crippen MR) is 121 cm³/mol. The Morgan fingerprint density at radius 2 is 1.42 bits per heavy atom. The van der Waals surface area contributed by atoms with Crippen LogP contribution in [0.1, 0.15) is 59.3 Å². The number of carbonyl (C=O) groups excluding carboxylic acids is 3. The molecule has 188 valence electrons. The highest BCUT2D eigenvalue weighted by Gasteiger charge is 2.48. The molecule has 1 aliphatic heterocycles. The molecule has 0 saturated carbocycles. The van der Waals surface area contributed by atoms with Gasteiger partial charge in [0.2, 0.25) is 0 Å². The van der Waals surface area contributed by atoms with Gasteiger partial charge in [0.25, 0.3) is 0 Å². The third kappa shape index (κ3) is 10.5. The molecule has 0 spiro atoms. The van der Waals surface area contributed by atoms with Crippen molar-refractivity contribution >= 4 is 17.9 Å². The summed E-state index contributed by atoms with van der Waals surface area (Å²) in [6, 6.07) is 0. The predicted octanol–water partition coefficient (Wildman–Crippen LogP) is 2.20. The lowest BCUT2D eigenvalue weighted by Crippen LogP contribution is -2.58. The molecule has 1 heterocycles. The van der Waals surface area contributed by atoms with Gasteiger partial charge in [-0.2, -0.15) is 0 Å². The molecule has 0 radical (unpaired) electrons. The first-order valence-electron chi connectivity index (χ1n) is 11.7. The van der Waals surface area contributed by atoms with Crippen LogP contribution in [0.2, 0.25) is 0 Å². The Labute approximate surface area is 197 Å². The van der Waals surface area contributed by atoms with E-state index in [1.54, 1.807) is 0 Å². The van der Waals surface area contributed by atoms with Gasteiger partial charge in [0, 0.05) is 19.3 Å². The van der Waals surface area contributed by atoms with E-state index in [-0.39, 0.29) is 32.5 Å². The number of likely N-dealkylation sites (N-methyl/N-ethyl adjacent to an activating group) is 1. The average Bonchev–Trinajstić information content (AvgIpc) is 2.72. The van der Waals surface area contributed by atoms with Crippen LogP contribution in [0.5, 0.6) is 0 Å². The number of hydrogen-bond donors (Lipinski definition) is 0. The summed E-state index contributed by atoms with van der Waals surface area (Å²) in [4.78, 5) is 36.8. The Morgan fingerprint density at radius 3 is 1.94 bits per heavy atom. The molecule has 0 aromatic rings. The molecular weight excluding hydrogens is 430 g/mol. The number of terminal acetylenes is 1. The van der Waals surface area contributed by atoms with Crippen LogP contribution in [0.4, 0.5) is 0 Å². The summed E-state index contributed by atoms with van der Waals surface area (Å²) in [5.74, 6) is 1.25. The fraction of sp³-hybridized carbons (Fsp3) is 0.792. The highest BCUT2D eigenvalue weighted by molar-refractivity contribution is 5.71. The smallest absolute Gasteiger partial charge is 0.306 e. The minimum absolute atomic E-state index is 0.0470. The van der Waals surface area contributed by atoms with Crippen molar-refractivity contribution in [3.05, 3.63) is 0 Å². The van der Waals surface area contributed by atoms with Crippen LogP contribution in [-0.4, -0.2) is 87.4 Å². The van der Waals surface area contributed by atoms with Gasteiger partial charge in [-0.1, -0.05) is 20.8 Å². The minimum atomic E-state index is -1.07. The molecule has 0 bridgehead atoms. The molecule has 2 unspecified atom stereocenters. The van der Waals surface area contributed by atoms with Crippen LogP contribution in [0.25, 0.3) is 0 Å². The Hall–Kier alpha value is -2.15. The standard InChI is InChI=1S/C24H40NO8/c1-7-11-19(26)31-18-17-30-24(29-16-15-25(5,6)14-10-4)23(33-21(28)13-9-3)22(18)32-20(27)12-8-2/h4,18,22-24H,7-9,11-17H2,1-3,5-6H3/q+1/t18-,22?,23-,24?/m1/s1. The topological polar surface area (TPSA) is 97.4 Å². The zero-order valence-electron chi connectivity index (χ0n) is 20.7. The van der Waals surface area contributed by atoms with E-state index in [1.165, 1.54) is 0 Å². The lowest BCUT2D eigenvalue weighted by atomic mass is 10.0. The molecule has 9 heteroatoms. The molecule has 1 saturated heterocycles. The normalized spacial score (nSPS) is 22.8. The summed E-state index contributed by atoms with van der Waals surface area (Å²) < 4.78 is 29.1. The van der Waals surface area contributed by atoms with Gasteiger partial charge in [0.15, 0.2) is 24.6 Å². The molecule has 0 amide bonds. The van der Waals surface area contributed by atoms with Crippen LogP contribution >= 0.6 is 0 Å². The molecule has 4 atom stereocenters. The number of hydrogen-bond acceptors (Lipinski definition) is 8. The quantitative estimate of drug-likeness (QED) is 0.165. The number of quaternary nitrogens is 1. The van der Waals surface area contributed by atoms with Crippen molar-refractivity contribution in [3.8, 4) is 12.3 Å². The van der Waals surface area contributed by atoms with Crippen molar-refractivity contribution in [2.45, 2.75) is 83.9 Å². The fourth-order valence-corrected chi connectivity index (χ4v) is 3.26. The Kier molecular flexibility index (Phi) is 13.0. The van der Waals surface area contributed by atoms with E-state index in [4.69, 9.17) is 30.1 Å². The van der Waals surface area contributed by atoms with Crippen LogP contribution in [0, 0.1) is 12.3 Å². The van der Waals surface area contributed by atoms with E-state index in [0.717, 1.165) is 0 Å². The maximum Gasteiger partial charge on any atom is 0.306 e. The SMILES string of the molecule is C#CC[N+](C)(C)CCOC1OC[C@@H](OC(=O)CCC)C(OC(=O)CCC)[C@H]1OC(=O)CCC. The largest absolute Gasteiger partial charge is 0.456 e. The van der Waals surface area contributed by atoms with E-state index in [9.17, 15) is 14.4 Å². The number of carbonyl (C=O) groups is 3. The second kappa shape index (κ2) is 14.9. The summed E-state index contributed by atoms with van der Waals surface area (Å²) in [7, 11) is 3.95. The maximum atomic E-state index is 12.4. The molecule has 0 N–H and O–H groups in total. The Bertz CT molecular complexity index is 672. The van der Waals surface area contributed by atoms with E-state index in [0.29, 0.717) is 36.8 Å². The van der Waals surface area contributed by atoms with Crippen LogP contribution in [-0.2, 0) is 38.1 Å². The zero-order chi connectivity index (χ0) is 24.9. The van der Waals surface area contributed by atoms with Crippen LogP contribution in [0.15, 0.2) is 0 Å². The summed E-state index contributed by atoms with van der Waals surface area (Å²) in [6.07, 6.45) is 3.82. The summed E-state index contributed by atoms with van der Waals surface area (Å²) in [5.41, 5.74) is 0. The van der Waals surface area contributed by atoms with Crippen molar-refractivity contribution in [3.63, 3.8) is 0 Å². The number of nitrogens with zero attached hydrogens (tertiary/aromatic N) is 1. The molecule has 0 aromatic heterocycles. The van der Waals surface area contributed by atoms with Crippen molar-refractivity contribution in [2.24, 2.45) is 0 Å². The third-order valence-corrected chi connectivity index (χ3v) is 5.06. The first-order chi connectivity index (χ1) is 15.7. The Morgan fingerprint density at radius 1 is 0.909 bits per heavy atom. The van der Waals surface area contributed by atoms with Crippen LogP contribution < -0.4 is 0 Å². The molecule has 1 aliphatic rings. The zero-order valence-corrected chi connectivity index (χ0v) is 20.7. The van der Waals surface area contributed by atoms with Gasteiger partial charge >= 0.3 is 17.9 Å². The second-order valence-corrected chi connectivity index (χ2v) is 8.78. The fourth-order valence-electron chi connectivity index (χ4n) is 3.26. The summed E-state index contributed by atoms with van der Waals surface area (Å²) in [6.45, 7) is 6.91. The Balaban J connectivity index is 3.07. The van der Waals surface area contributed by atoms with Crippen molar-refractivity contribution in [1.29, 1.82) is 0 Å². The van der Waals surface area contributed by atoms with Gasteiger partial charge in [-0.05, 0) is 25.2 Å². The van der Waals surface area contributed by atoms with Crippen molar-refractivity contribution < 1.29 is 42.6 Å². The van der Waals surface area contributed by atoms with Gasteiger partial charge in [-0.3, -0.25) is 14.4 Å². The van der Waals surface area contributed by atoms with Crippen molar-refractivity contribution in [2.75, 3.05) is 40.4 Å². The van der Waals surface area contributed by atoms with Gasteiger partial charge < -0.3 is 28.2 Å². The molecule has 0 aromatic carbocycles. The molecule has 33 heavy (non-hydrogen) atoms. The van der Waals surface area contributed by atoms with Gasteiger partial charge in [-0.15, -0.1) is 6.42 Å². The summed E-state index contributed by atoms with van der Waals surface area (Å²) >= 11 is 0. The monoisotopic (exact) mass is 470 g/mol. The van der Waals surface area contributed by atoms with E-state index in [1.807, 2.05) is 34.9 Å². The van der Waals surface area contributed by atoms with Gasteiger partial charge in [0.05, 0.1) is 27.3 Å².